The van der Waals surface area contributed by atoms with Crippen molar-refractivity contribution in [3.05, 3.63) is 31.3 Å². The van der Waals surface area contributed by atoms with E-state index in [1.54, 1.807) is 11.8 Å². The molecule has 32 heavy (non-hydrogen) atoms. The lowest BCUT2D eigenvalue weighted by Gasteiger charge is -2.35. The Labute approximate surface area is 190 Å². The predicted molar refractivity (Wildman–Crippen MR) is 123 cm³/mol. The van der Waals surface area contributed by atoms with Gasteiger partial charge in [-0.15, -0.1) is 11.3 Å². The molecule has 0 spiro atoms. The Balaban J connectivity index is 2.07. The first-order valence-corrected chi connectivity index (χ1v) is 11.8. The first-order chi connectivity index (χ1) is 15.1. The molecule has 3 rings (SSSR count). The number of rotatable bonds is 8. The number of hydrogen-bond acceptors (Lipinski definition) is 5. The molecular formula is C22H31FN4O4S. The van der Waals surface area contributed by atoms with Crippen LogP contribution in [0.25, 0.3) is 10.2 Å². The van der Waals surface area contributed by atoms with Crippen LogP contribution < -0.4 is 11.2 Å². The Morgan fingerprint density at radius 2 is 1.69 bits per heavy atom. The van der Waals surface area contributed by atoms with Gasteiger partial charge in [0.25, 0.3) is 5.56 Å². The van der Waals surface area contributed by atoms with E-state index in [9.17, 15) is 23.6 Å². The molecule has 8 nitrogen and oxygen atoms in total. The lowest BCUT2D eigenvalue weighted by molar-refractivity contribution is -0.157. The summed E-state index contributed by atoms with van der Waals surface area (Å²) in [6.07, 6.45) is 0.172. The fraction of sp³-hybridized carbons (Fsp3) is 0.636. The summed E-state index contributed by atoms with van der Waals surface area (Å²) >= 11 is 1.27. The number of alkyl halides is 1. The van der Waals surface area contributed by atoms with Crippen molar-refractivity contribution in [2.75, 3.05) is 19.8 Å². The Kier molecular flexibility index (Phi) is 7.22. The van der Waals surface area contributed by atoms with Gasteiger partial charge in [-0.25, -0.2) is 4.79 Å². The van der Waals surface area contributed by atoms with E-state index in [2.05, 4.69) is 0 Å². The predicted octanol–water partition coefficient (Wildman–Crippen LogP) is 2.13. The minimum atomic E-state index is -0.564. The molecule has 1 saturated heterocycles. The number of halogens is 1. The van der Waals surface area contributed by atoms with E-state index in [1.807, 2.05) is 27.7 Å². The van der Waals surface area contributed by atoms with Crippen molar-refractivity contribution in [3.63, 3.8) is 0 Å². The first kappa shape index (κ1) is 24.2. The highest BCUT2D eigenvalue weighted by atomic mass is 32.1. The summed E-state index contributed by atoms with van der Waals surface area (Å²) in [5, 5.41) is 0.434. The summed E-state index contributed by atoms with van der Waals surface area (Å²) in [5.41, 5.74) is -0.0930. The van der Waals surface area contributed by atoms with Crippen molar-refractivity contribution in [3.8, 4) is 0 Å². The zero-order valence-corrected chi connectivity index (χ0v) is 20.1. The van der Waals surface area contributed by atoms with Crippen LogP contribution in [0.15, 0.2) is 9.59 Å². The van der Waals surface area contributed by atoms with E-state index in [-0.39, 0.29) is 43.6 Å². The van der Waals surface area contributed by atoms with Gasteiger partial charge in [-0.05, 0) is 38.7 Å². The Bertz CT molecular complexity index is 1150. The van der Waals surface area contributed by atoms with Crippen molar-refractivity contribution >= 4 is 33.4 Å². The summed E-state index contributed by atoms with van der Waals surface area (Å²) in [5.74, 6) is -0.996. The lowest BCUT2D eigenvalue weighted by Crippen LogP contribution is -2.55. The smallest absolute Gasteiger partial charge is 0.330 e. The maximum Gasteiger partial charge on any atom is 0.332 e. The number of hydrogen-bond donors (Lipinski definition) is 0. The fourth-order valence-corrected chi connectivity index (χ4v) is 5.37. The standard InChI is InChI=1S/C22H31FN4O4S/c1-13(2)11-27-18(28)17-15(5)16(32-21(17)26(22(27)31)8-6-7-23)12-24-9-10-25(14(3)4)20(30)19(24)29/h13-14H,6-12H2,1-5H3. The molecule has 1 fully saturated rings. The molecule has 3 heterocycles. The summed E-state index contributed by atoms with van der Waals surface area (Å²) in [7, 11) is 0. The molecular weight excluding hydrogens is 435 g/mol. The molecule has 1 aliphatic rings. The Morgan fingerprint density at radius 3 is 2.28 bits per heavy atom. The number of piperazine rings is 1. The van der Waals surface area contributed by atoms with Gasteiger partial charge in [-0.2, -0.15) is 0 Å². The second-order valence-corrected chi connectivity index (χ2v) is 10.0. The Hall–Kier alpha value is -2.49. The van der Waals surface area contributed by atoms with E-state index in [4.69, 9.17) is 0 Å². The third-order valence-corrected chi connectivity index (χ3v) is 7.06. The molecule has 2 amide bonds. The molecule has 2 aromatic heterocycles. The topological polar surface area (TPSA) is 84.6 Å². The zero-order chi connectivity index (χ0) is 23.7. The van der Waals surface area contributed by atoms with Gasteiger partial charge in [0.1, 0.15) is 4.83 Å². The molecule has 2 aromatic rings. The number of thiophene rings is 1. The summed E-state index contributed by atoms with van der Waals surface area (Å²) in [4.78, 5) is 55.7. The van der Waals surface area contributed by atoms with Gasteiger partial charge in [0.15, 0.2) is 0 Å². The zero-order valence-electron chi connectivity index (χ0n) is 19.3. The first-order valence-electron chi connectivity index (χ1n) is 11.0. The number of nitrogens with zero attached hydrogens (tertiary/aromatic N) is 4. The largest absolute Gasteiger partial charge is 0.332 e. The average Bonchev–Trinajstić information content (AvgIpc) is 3.04. The second kappa shape index (κ2) is 9.56. The van der Waals surface area contributed by atoms with E-state index >= 15 is 0 Å². The van der Waals surface area contributed by atoms with Crippen LogP contribution in [0.5, 0.6) is 0 Å². The molecule has 0 aliphatic carbocycles. The third-order valence-electron chi connectivity index (χ3n) is 5.76. The van der Waals surface area contributed by atoms with Crippen LogP contribution in [0.2, 0.25) is 0 Å². The average molecular weight is 467 g/mol. The molecule has 0 saturated carbocycles. The molecule has 176 valence electrons. The number of carbonyl (C=O) groups is 2. The number of fused-ring (bicyclic) bond motifs is 1. The van der Waals surface area contributed by atoms with Crippen molar-refractivity contribution in [1.82, 2.24) is 18.9 Å². The molecule has 0 unspecified atom stereocenters. The molecule has 0 atom stereocenters. The lowest BCUT2D eigenvalue weighted by atomic mass is 10.1. The van der Waals surface area contributed by atoms with Gasteiger partial charge >= 0.3 is 17.5 Å². The van der Waals surface area contributed by atoms with Crippen molar-refractivity contribution < 1.29 is 14.0 Å². The normalized spacial score (nSPS) is 15.1. The molecule has 10 heteroatoms. The molecule has 0 bridgehead atoms. The molecule has 0 radical (unpaired) electrons. The third kappa shape index (κ3) is 4.37. The maximum atomic E-state index is 13.2. The number of carbonyl (C=O) groups excluding carboxylic acids is 2. The van der Waals surface area contributed by atoms with Crippen molar-refractivity contribution in [2.45, 2.75) is 66.7 Å². The monoisotopic (exact) mass is 466 g/mol. The van der Waals surface area contributed by atoms with Crippen LogP contribution in [0.4, 0.5) is 4.39 Å². The number of aryl methyl sites for hydroxylation is 2. The molecule has 1 aliphatic heterocycles. The number of amides is 2. The SMILES string of the molecule is Cc1c(CN2CCN(C(C)C)C(=O)C2=O)sc2c1c(=O)n(CC(C)C)c(=O)n2CCCF. The van der Waals surface area contributed by atoms with E-state index < -0.39 is 24.2 Å². The van der Waals surface area contributed by atoms with Gasteiger partial charge in [0.05, 0.1) is 18.6 Å². The van der Waals surface area contributed by atoms with Crippen LogP contribution in [0, 0.1) is 12.8 Å². The maximum absolute atomic E-state index is 13.2. The van der Waals surface area contributed by atoms with Crippen molar-refractivity contribution in [1.29, 1.82) is 0 Å². The molecule has 0 aromatic carbocycles. The van der Waals surface area contributed by atoms with Crippen LogP contribution in [0.3, 0.4) is 0 Å². The second-order valence-electron chi connectivity index (χ2n) is 8.94. The van der Waals surface area contributed by atoms with Crippen LogP contribution in [0.1, 0.15) is 44.6 Å². The van der Waals surface area contributed by atoms with Crippen molar-refractivity contribution in [2.24, 2.45) is 5.92 Å². The highest BCUT2D eigenvalue weighted by Gasteiger charge is 2.34. The van der Waals surface area contributed by atoms with Crippen LogP contribution >= 0.6 is 11.3 Å². The van der Waals surface area contributed by atoms with Crippen LogP contribution in [-0.4, -0.2) is 56.6 Å². The van der Waals surface area contributed by atoms with E-state index in [0.29, 0.717) is 28.9 Å². The Morgan fingerprint density at radius 1 is 1.00 bits per heavy atom. The summed E-state index contributed by atoms with van der Waals surface area (Å²) in [6, 6.07) is -0.0518. The van der Waals surface area contributed by atoms with Crippen LogP contribution in [-0.2, 0) is 29.2 Å². The summed E-state index contributed by atoms with van der Waals surface area (Å²) < 4.78 is 15.6. The fourth-order valence-electron chi connectivity index (χ4n) is 4.04. The van der Waals surface area contributed by atoms with Gasteiger partial charge < -0.3 is 9.80 Å². The quantitative estimate of drug-likeness (QED) is 0.558. The van der Waals surface area contributed by atoms with Gasteiger partial charge in [0.2, 0.25) is 0 Å². The highest BCUT2D eigenvalue weighted by molar-refractivity contribution is 7.18. The van der Waals surface area contributed by atoms with Gasteiger partial charge in [-0.3, -0.25) is 27.9 Å². The minimum Gasteiger partial charge on any atom is -0.330 e. The summed E-state index contributed by atoms with van der Waals surface area (Å²) in [6.45, 7) is 10.3. The van der Waals surface area contributed by atoms with E-state index in [1.165, 1.54) is 25.4 Å². The van der Waals surface area contributed by atoms with Gasteiger partial charge in [0, 0.05) is 37.1 Å². The molecule has 0 N–H and O–H groups in total. The highest BCUT2D eigenvalue weighted by Crippen LogP contribution is 2.30. The van der Waals surface area contributed by atoms with Gasteiger partial charge in [-0.1, -0.05) is 13.8 Å². The van der Waals surface area contributed by atoms with E-state index in [0.717, 1.165) is 4.88 Å². The number of aromatic nitrogens is 2. The minimum absolute atomic E-state index is 0.0518.